The van der Waals surface area contributed by atoms with Crippen LogP contribution in [0.15, 0.2) is 11.6 Å². The number of rotatable bonds is 2. The van der Waals surface area contributed by atoms with Crippen LogP contribution in [0, 0.1) is 0 Å². The van der Waals surface area contributed by atoms with E-state index in [1.165, 1.54) is 18.4 Å². The normalized spacial score (nSPS) is 17.0. The van der Waals surface area contributed by atoms with Crippen LogP contribution >= 0.6 is 0 Å². The summed E-state index contributed by atoms with van der Waals surface area (Å²) in [7, 11) is 3.62. The van der Waals surface area contributed by atoms with E-state index in [-0.39, 0.29) is 5.91 Å². The first-order chi connectivity index (χ1) is 5.70. The van der Waals surface area contributed by atoms with Gasteiger partial charge in [-0.2, -0.15) is 0 Å². The molecule has 0 saturated carbocycles. The lowest BCUT2D eigenvalue weighted by atomic mass is 9.97. The Kier molecular flexibility index (Phi) is 3.32. The molecule has 12 heavy (non-hydrogen) atoms. The average Bonchev–Trinajstić information content (AvgIpc) is 2.06. The second-order valence-electron chi connectivity index (χ2n) is 3.57. The standard InChI is InChI=1S/C10H17NO/c1-11(2)10(12)8-9-6-4-3-5-7-9/h6H,3-5,7-8H2,1-2H3. The third-order valence-electron chi connectivity index (χ3n) is 2.26. The molecule has 1 aliphatic carbocycles. The molecule has 0 aromatic rings. The van der Waals surface area contributed by atoms with E-state index in [9.17, 15) is 4.79 Å². The fourth-order valence-corrected chi connectivity index (χ4v) is 1.42. The minimum atomic E-state index is 0.225. The van der Waals surface area contributed by atoms with Crippen LogP contribution in [0.4, 0.5) is 0 Å². The van der Waals surface area contributed by atoms with Gasteiger partial charge in [0.2, 0.25) is 5.91 Å². The molecule has 0 spiro atoms. The molecule has 0 fully saturated rings. The van der Waals surface area contributed by atoms with Crippen molar-refractivity contribution in [2.24, 2.45) is 0 Å². The summed E-state index contributed by atoms with van der Waals surface area (Å²) in [4.78, 5) is 13.0. The molecule has 1 amide bonds. The van der Waals surface area contributed by atoms with Crippen LogP contribution in [0.5, 0.6) is 0 Å². The second-order valence-corrected chi connectivity index (χ2v) is 3.57. The molecule has 68 valence electrons. The molecule has 0 bridgehead atoms. The fraction of sp³-hybridized carbons (Fsp3) is 0.700. The summed E-state index contributed by atoms with van der Waals surface area (Å²) in [6.07, 6.45) is 7.69. The molecule has 0 atom stereocenters. The maximum atomic E-state index is 11.3. The predicted octanol–water partition coefficient (Wildman–Crippen LogP) is 1.97. The first-order valence-corrected chi connectivity index (χ1v) is 4.58. The Morgan fingerprint density at radius 1 is 1.50 bits per heavy atom. The fourth-order valence-electron chi connectivity index (χ4n) is 1.42. The Balaban J connectivity index is 2.39. The first kappa shape index (κ1) is 9.30. The minimum absolute atomic E-state index is 0.225. The van der Waals surface area contributed by atoms with Crippen LogP contribution in [-0.4, -0.2) is 24.9 Å². The van der Waals surface area contributed by atoms with E-state index in [0.29, 0.717) is 6.42 Å². The van der Waals surface area contributed by atoms with E-state index in [4.69, 9.17) is 0 Å². The highest BCUT2D eigenvalue weighted by molar-refractivity contribution is 5.78. The van der Waals surface area contributed by atoms with E-state index in [0.717, 1.165) is 12.8 Å². The summed E-state index contributed by atoms with van der Waals surface area (Å²) >= 11 is 0. The van der Waals surface area contributed by atoms with Crippen molar-refractivity contribution in [2.75, 3.05) is 14.1 Å². The summed E-state index contributed by atoms with van der Waals surface area (Å²) < 4.78 is 0. The summed E-state index contributed by atoms with van der Waals surface area (Å²) in [6, 6.07) is 0. The van der Waals surface area contributed by atoms with Crippen LogP contribution in [0.25, 0.3) is 0 Å². The van der Waals surface area contributed by atoms with E-state index in [1.807, 2.05) is 14.1 Å². The Morgan fingerprint density at radius 2 is 2.25 bits per heavy atom. The molecular formula is C10H17NO. The van der Waals surface area contributed by atoms with Gasteiger partial charge in [-0.25, -0.2) is 0 Å². The molecule has 2 heteroatoms. The van der Waals surface area contributed by atoms with Crippen LogP contribution in [-0.2, 0) is 4.79 Å². The molecule has 0 aromatic carbocycles. The smallest absolute Gasteiger partial charge is 0.226 e. The summed E-state index contributed by atoms with van der Waals surface area (Å²) in [5.74, 6) is 0.225. The average molecular weight is 167 g/mol. The Hall–Kier alpha value is -0.790. The molecule has 0 N–H and O–H groups in total. The van der Waals surface area contributed by atoms with Crippen molar-refractivity contribution in [3.63, 3.8) is 0 Å². The number of allylic oxidation sites excluding steroid dienone is 1. The van der Waals surface area contributed by atoms with Crippen LogP contribution in [0.2, 0.25) is 0 Å². The Morgan fingerprint density at radius 3 is 2.75 bits per heavy atom. The molecule has 2 nitrogen and oxygen atoms in total. The Bertz CT molecular complexity index is 194. The monoisotopic (exact) mass is 167 g/mol. The van der Waals surface area contributed by atoms with Crippen molar-refractivity contribution in [2.45, 2.75) is 32.1 Å². The molecule has 1 aliphatic rings. The molecule has 0 saturated heterocycles. The number of carbonyl (C=O) groups is 1. The van der Waals surface area contributed by atoms with Crippen molar-refractivity contribution in [1.82, 2.24) is 4.90 Å². The second kappa shape index (κ2) is 4.29. The van der Waals surface area contributed by atoms with Crippen molar-refractivity contribution in [3.8, 4) is 0 Å². The zero-order valence-electron chi connectivity index (χ0n) is 7.97. The van der Waals surface area contributed by atoms with Gasteiger partial charge in [-0.05, 0) is 25.7 Å². The van der Waals surface area contributed by atoms with Gasteiger partial charge in [-0.3, -0.25) is 4.79 Å². The lowest BCUT2D eigenvalue weighted by Crippen LogP contribution is -2.22. The molecule has 0 unspecified atom stereocenters. The molecule has 0 aliphatic heterocycles. The highest BCUT2D eigenvalue weighted by Gasteiger charge is 2.09. The number of hydrogen-bond donors (Lipinski definition) is 0. The summed E-state index contributed by atoms with van der Waals surface area (Å²) in [5.41, 5.74) is 1.33. The topological polar surface area (TPSA) is 20.3 Å². The highest BCUT2D eigenvalue weighted by Crippen LogP contribution is 2.20. The first-order valence-electron chi connectivity index (χ1n) is 4.58. The molecule has 0 heterocycles. The third-order valence-corrected chi connectivity index (χ3v) is 2.26. The van der Waals surface area contributed by atoms with Gasteiger partial charge in [0.05, 0.1) is 0 Å². The van der Waals surface area contributed by atoms with Gasteiger partial charge in [0.15, 0.2) is 0 Å². The summed E-state index contributed by atoms with van der Waals surface area (Å²) in [5, 5.41) is 0. The van der Waals surface area contributed by atoms with E-state index >= 15 is 0 Å². The van der Waals surface area contributed by atoms with Gasteiger partial charge < -0.3 is 4.90 Å². The lowest BCUT2D eigenvalue weighted by Gasteiger charge is -2.15. The van der Waals surface area contributed by atoms with Gasteiger partial charge in [0, 0.05) is 20.5 Å². The molecular weight excluding hydrogens is 150 g/mol. The van der Waals surface area contributed by atoms with Gasteiger partial charge in [0.1, 0.15) is 0 Å². The quantitative estimate of drug-likeness (QED) is 0.576. The number of carbonyl (C=O) groups excluding carboxylic acids is 1. The van der Waals surface area contributed by atoms with Crippen molar-refractivity contribution >= 4 is 5.91 Å². The molecule has 1 rings (SSSR count). The highest BCUT2D eigenvalue weighted by atomic mass is 16.2. The summed E-state index contributed by atoms with van der Waals surface area (Å²) in [6.45, 7) is 0. The number of hydrogen-bond acceptors (Lipinski definition) is 1. The van der Waals surface area contributed by atoms with E-state index < -0.39 is 0 Å². The predicted molar refractivity (Wildman–Crippen MR) is 49.9 cm³/mol. The maximum Gasteiger partial charge on any atom is 0.226 e. The van der Waals surface area contributed by atoms with Crippen molar-refractivity contribution < 1.29 is 4.79 Å². The van der Waals surface area contributed by atoms with Crippen LogP contribution < -0.4 is 0 Å². The molecule has 0 aromatic heterocycles. The number of amides is 1. The van der Waals surface area contributed by atoms with Gasteiger partial charge >= 0.3 is 0 Å². The van der Waals surface area contributed by atoms with E-state index in [2.05, 4.69) is 6.08 Å². The van der Waals surface area contributed by atoms with E-state index in [1.54, 1.807) is 4.90 Å². The zero-order valence-corrected chi connectivity index (χ0v) is 7.97. The lowest BCUT2D eigenvalue weighted by molar-refractivity contribution is -0.128. The largest absolute Gasteiger partial charge is 0.349 e. The van der Waals surface area contributed by atoms with Crippen LogP contribution in [0.3, 0.4) is 0 Å². The van der Waals surface area contributed by atoms with Crippen molar-refractivity contribution in [3.05, 3.63) is 11.6 Å². The molecule has 0 radical (unpaired) electrons. The third kappa shape index (κ3) is 2.68. The van der Waals surface area contributed by atoms with Gasteiger partial charge in [-0.15, -0.1) is 0 Å². The SMILES string of the molecule is CN(C)C(=O)CC1=CCCCC1. The maximum absolute atomic E-state index is 11.3. The van der Waals surface area contributed by atoms with Gasteiger partial charge in [0.25, 0.3) is 0 Å². The number of nitrogens with zero attached hydrogens (tertiary/aromatic N) is 1. The minimum Gasteiger partial charge on any atom is -0.349 e. The zero-order chi connectivity index (χ0) is 8.97. The van der Waals surface area contributed by atoms with Crippen LogP contribution in [0.1, 0.15) is 32.1 Å². The Labute approximate surface area is 74.2 Å². The van der Waals surface area contributed by atoms with Crippen molar-refractivity contribution in [1.29, 1.82) is 0 Å². The van der Waals surface area contributed by atoms with Gasteiger partial charge in [-0.1, -0.05) is 11.6 Å².